The van der Waals surface area contributed by atoms with Crippen molar-refractivity contribution in [2.24, 2.45) is 5.92 Å². The van der Waals surface area contributed by atoms with Gasteiger partial charge in [0.25, 0.3) is 0 Å². The average Bonchev–Trinajstić information content (AvgIpc) is 3.05. The molecule has 0 aliphatic carbocycles. The second-order valence-corrected chi connectivity index (χ2v) is 7.53. The smallest absolute Gasteiger partial charge is 0.0515 e. The molecule has 3 unspecified atom stereocenters. The number of ether oxygens (including phenoxy) is 1. The van der Waals surface area contributed by atoms with E-state index in [-0.39, 0.29) is 0 Å². The molecule has 1 aromatic carbocycles. The van der Waals surface area contributed by atoms with Gasteiger partial charge in [0.1, 0.15) is 0 Å². The Balaban J connectivity index is 1.67. The summed E-state index contributed by atoms with van der Waals surface area (Å²) < 4.78 is 5.33. The summed E-state index contributed by atoms with van der Waals surface area (Å²) in [5, 5.41) is 0. The van der Waals surface area contributed by atoms with E-state index in [2.05, 4.69) is 47.8 Å². The normalized spacial score (nSPS) is 28.4. The highest BCUT2D eigenvalue weighted by atomic mass is 16.5. The van der Waals surface area contributed by atoms with Crippen molar-refractivity contribution in [1.82, 2.24) is 15.8 Å². The molecule has 3 rings (SSSR count). The maximum Gasteiger partial charge on any atom is 0.0515 e. The molecule has 0 aromatic heterocycles. The molecule has 2 heterocycles. The quantitative estimate of drug-likeness (QED) is 0.840. The van der Waals surface area contributed by atoms with Crippen LogP contribution in [-0.4, -0.2) is 44.3 Å². The van der Waals surface area contributed by atoms with Crippen LogP contribution in [0.25, 0.3) is 0 Å². The molecule has 4 heteroatoms. The van der Waals surface area contributed by atoms with Crippen LogP contribution in [0.1, 0.15) is 48.4 Å². The molecule has 24 heavy (non-hydrogen) atoms. The van der Waals surface area contributed by atoms with E-state index in [1.54, 1.807) is 0 Å². The molecule has 2 N–H and O–H groups in total. The number of methoxy groups -OCH3 is 1. The zero-order valence-electron chi connectivity index (χ0n) is 15.5. The topological polar surface area (TPSA) is 36.5 Å². The number of nitrogens with zero attached hydrogens (tertiary/aromatic N) is 1. The van der Waals surface area contributed by atoms with Crippen LogP contribution in [0.5, 0.6) is 0 Å². The fraction of sp³-hybridized carbons (Fsp3) is 0.700. The Hall–Kier alpha value is -0.940. The van der Waals surface area contributed by atoms with Gasteiger partial charge in [-0.2, -0.15) is 0 Å². The Bertz CT molecular complexity index is 534. The average molecular weight is 332 g/mol. The fourth-order valence-electron chi connectivity index (χ4n) is 4.20. The Morgan fingerprint density at radius 3 is 2.88 bits per heavy atom. The number of aryl methyl sites for hydroxylation is 2. The first-order chi connectivity index (χ1) is 11.7. The Labute approximate surface area is 146 Å². The van der Waals surface area contributed by atoms with Crippen molar-refractivity contribution >= 4 is 0 Å². The highest BCUT2D eigenvalue weighted by Gasteiger charge is 2.32. The lowest BCUT2D eigenvalue weighted by Crippen LogP contribution is -2.44. The third-order valence-corrected chi connectivity index (χ3v) is 5.86. The first-order valence-electron chi connectivity index (χ1n) is 9.47. The monoisotopic (exact) mass is 331 g/mol. The molecule has 0 amide bonds. The summed E-state index contributed by atoms with van der Waals surface area (Å²) in [4.78, 5) is 2.72. The van der Waals surface area contributed by atoms with E-state index in [1.807, 2.05) is 7.11 Å². The van der Waals surface area contributed by atoms with Gasteiger partial charge in [-0.1, -0.05) is 24.6 Å². The van der Waals surface area contributed by atoms with Gasteiger partial charge in [0.05, 0.1) is 6.04 Å². The van der Waals surface area contributed by atoms with E-state index in [1.165, 1.54) is 55.5 Å². The molecule has 1 aromatic rings. The molecule has 2 aliphatic heterocycles. The van der Waals surface area contributed by atoms with E-state index in [4.69, 9.17) is 4.74 Å². The van der Waals surface area contributed by atoms with Crippen molar-refractivity contribution < 1.29 is 4.74 Å². The van der Waals surface area contributed by atoms with Gasteiger partial charge in [-0.3, -0.25) is 10.3 Å². The van der Waals surface area contributed by atoms with Crippen LogP contribution in [0.3, 0.4) is 0 Å². The van der Waals surface area contributed by atoms with Gasteiger partial charge < -0.3 is 4.74 Å². The molecular formula is C20H33N3O. The number of benzene rings is 1. The van der Waals surface area contributed by atoms with Crippen molar-refractivity contribution in [2.75, 3.05) is 33.4 Å². The molecule has 134 valence electrons. The summed E-state index contributed by atoms with van der Waals surface area (Å²) in [6.45, 7) is 8.73. The molecule has 2 fully saturated rings. The van der Waals surface area contributed by atoms with Crippen LogP contribution in [0.4, 0.5) is 0 Å². The van der Waals surface area contributed by atoms with Gasteiger partial charge >= 0.3 is 0 Å². The predicted octanol–water partition coefficient (Wildman–Crippen LogP) is 2.96. The molecule has 4 nitrogen and oxygen atoms in total. The Kier molecular flexibility index (Phi) is 6.28. The lowest BCUT2D eigenvalue weighted by atomic mass is 9.90. The van der Waals surface area contributed by atoms with Crippen LogP contribution in [-0.2, 0) is 4.74 Å². The van der Waals surface area contributed by atoms with Gasteiger partial charge in [0.2, 0.25) is 0 Å². The van der Waals surface area contributed by atoms with E-state index in [0.717, 1.165) is 13.2 Å². The van der Waals surface area contributed by atoms with Gasteiger partial charge in [-0.15, -0.1) is 0 Å². The summed E-state index contributed by atoms with van der Waals surface area (Å²) >= 11 is 0. The second kappa shape index (κ2) is 8.43. The lowest BCUT2D eigenvalue weighted by Gasteiger charge is -2.38. The van der Waals surface area contributed by atoms with Crippen molar-refractivity contribution in [3.8, 4) is 0 Å². The fourth-order valence-corrected chi connectivity index (χ4v) is 4.20. The van der Waals surface area contributed by atoms with Crippen molar-refractivity contribution in [3.05, 3.63) is 34.9 Å². The SMILES string of the molecule is COCCC1CCCCN1CC1CNNC1c1ccc(C)c(C)c1. The minimum atomic E-state index is 0.411. The van der Waals surface area contributed by atoms with Crippen molar-refractivity contribution in [3.63, 3.8) is 0 Å². The highest BCUT2D eigenvalue weighted by Crippen LogP contribution is 2.29. The maximum atomic E-state index is 5.33. The summed E-state index contributed by atoms with van der Waals surface area (Å²) in [6, 6.07) is 8.00. The minimum Gasteiger partial charge on any atom is -0.385 e. The number of hydrogen-bond donors (Lipinski definition) is 2. The lowest BCUT2D eigenvalue weighted by molar-refractivity contribution is 0.0886. The van der Waals surface area contributed by atoms with E-state index in [0.29, 0.717) is 18.0 Å². The zero-order valence-corrected chi connectivity index (χ0v) is 15.5. The van der Waals surface area contributed by atoms with Gasteiger partial charge in [0.15, 0.2) is 0 Å². The molecule has 2 saturated heterocycles. The number of hydrogen-bond acceptors (Lipinski definition) is 4. The first-order valence-corrected chi connectivity index (χ1v) is 9.47. The molecule has 0 spiro atoms. The maximum absolute atomic E-state index is 5.33. The van der Waals surface area contributed by atoms with Crippen LogP contribution in [0, 0.1) is 19.8 Å². The molecule has 3 atom stereocenters. The number of rotatable bonds is 6. The Morgan fingerprint density at radius 1 is 1.21 bits per heavy atom. The minimum absolute atomic E-state index is 0.411. The van der Waals surface area contributed by atoms with Crippen LogP contribution >= 0.6 is 0 Å². The first kappa shape index (κ1) is 17.9. The van der Waals surface area contributed by atoms with E-state index in [9.17, 15) is 0 Å². The van der Waals surface area contributed by atoms with Crippen LogP contribution in [0.15, 0.2) is 18.2 Å². The van der Waals surface area contributed by atoms with Crippen molar-refractivity contribution in [1.29, 1.82) is 0 Å². The summed E-state index contributed by atoms with van der Waals surface area (Å²) in [7, 11) is 1.81. The largest absolute Gasteiger partial charge is 0.385 e. The summed E-state index contributed by atoms with van der Waals surface area (Å²) in [6.07, 6.45) is 5.20. The van der Waals surface area contributed by atoms with Crippen LogP contribution in [0.2, 0.25) is 0 Å². The van der Waals surface area contributed by atoms with Gasteiger partial charge in [-0.25, -0.2) is 5.43 Å². The summed E-state index contributed by atoms with van der Waals surface area (Å²) in [5.41, 5.74) is 11.1. The number of piperidine rings is 1. The molecular weight excluding hydrogens is 298 g/mol. The number of likely N-dealkylation sites (tertiary alicyclic amines) is 1. The van der Waals surface area contributed by atoms with E-state index >= 15 is 0 Å². The molecule has 0 saturated carbocycles. The third-order valence-electron chi connectivity index (χ3n) is 5.86. The summed E-state index contributed by atoms with van der Waals surface area (Å²) in [5.74, 6) is 0.621. The van der Waals surface area contributed by atoms with Crippen LogP contribution < -0.4 is 10.9 Å². The number of nitrogens with one attached hydrogen (secondary N) is 2. The zero-order chi connectivity index (χ0) is 16.9. The second-order valence-electron chi connectivity index (χ2n) is 7.53. The number of hydrazine groups is 1. The van der Waals surface area contributed by atoms with Crippen molar-refractivity contribution in [2.45, 2.75) is 51.6 Å². The van der Waals surface area contributed by atoms with Gasteiger partial charge in [-0.05, 0) is 56.3 Å². The third kappa shape index (κ3) is 4.17. The predicted molar refractivity (Wildman–Crippen MR) is 99.0 cm³/mol. The standard InChI is InChI=1S/C20H33N3O/c1-15-7-8-17(12-16(15)2)20-18(13-21-22-20)14-23-10-5-4-6-19(23)9-11-24-3/h7-8,12,18-22H,4-6,9-11,13-14H2,1-3H3. The molecule has 0 radical (unpaired) electrons. The Morgan fingerprint density at radius 2 is 2.08 bits per heavy atom. The highest BCUT2D eigenvalue weighted by molar-refractivity contribution is 5.32. The van der Waals surface area contributed by atoms with E-state index < -0.39 is 0 Å². The molecule has 2 aliphatic rings. The molecule has 0 bridgehead atoms. The van der Waals surface area contributed by atoms with Gasteiger partial charge in [0, 0.05) is 38.8 Å².